The largest absolute Gasteiger partial charge is 0.310 e. The van der Waals surface area contributed by atoms with E-state index >= 15 is 0 Å². The van der Waals surface area contributed by atoms with Crippen LogP contribution in [0, 0.1) is 5.92 Å². The van der Waals surface area contributed by atoms with E-state index in [0.29, 0.717) is 12.0 Å². The summed E-state index contributed by atoms with van der Waals surface area (Å²) >= 11 is 0. The third kappa shape index (κ3) is 3.07. The van der Waals surface area contributed by atoms with E-state index < -0.39 is 0 Å². The molecule has 0 spiro atoms. The molecule has 0 saturated heterocycles. The predicted molar refractivity (Wildman–Crippen MR) is 67.1 cm³/mol. The van der Waals surface area contributed by atoms with Crippen molar-refractivity contribution in [3.05, 3.63) is 35.4 Å². The van der Waals surface area contributed by atoms with Gasteiger partial charge >= 0.3 is 0 Å². The van der Waals surface area contributed by atoms with Gasteiger partial charge in [0.2, 0.25) is 0 Å². The summed E-state index contributed by atoms with van der Waals surface area (Å²) in [5.41, 5.74) is 2.94. The number of hydrogen-bond donors (Lipinski definition) is 1. The molecule has 0 bridgehead atoms. The monoisotopic (exact) mass is 205 g/mol. The highest BCUT2D eigenvalue weighted by Crippen LogP contribution is 2.25. The molecule has 0 heterocycles. The molecule has 0 radical (unpaired) electrons. The minimum Gasteiger partial charge on any atom is -0.310 e. The molecule has 0 saturated carbocycles. The topological polar surface area (TPSA) is 12.0 Å². The van der Waals surface area contributed by atoms with Crippen molar-refractivity contribution in [1.82, 2.24) is 5.32 Å². The zero-order valence-corrected chi connectivity index (χ0v) is 10.4. The Morgan fingerprint density at radius 1 is 1.13 bits per heavy atom. The molecular formula is C14H23N. The first-order valence-electron chi connectivity index (χ1n) is 6.01. The minimum absolute atomic E-state index is 0.492. The van der Waals surface area contributed by atoms with E-state index in [0.717, 1.165) is 13.0 Å². The zero-order valence-electron chi connectivity index (χ0n) is 10.4. The number of hydrogen-bond acceptors (Lipinski definition) is 1. The first-order valence-corrected chi connectivity index (χ1v) is 6.01. The number of nitrogens with one attached hydrogen (secondary N) is 1. The van der Waals surface area contributed by atoms with Crippen LogP contribution in [-0.4, -0.2) is 6.54 Å². The highest BCUT2D eigenvalue weighted by Gasteiger charge is 2.16. The van der Waals surface area contributed by atoms with Crippen molar-refractivity contribution in [1.29, 1.82) is 0 Å². The molecule has 1 aromatic rings. The summed E-state index contributed by atoms with van der Waals surface area (Å²) in [6.45, 7) is 9.98. The molecule has 1 aromatic carbocycles. The van der Waals surface area contributed by atoms with Crippen LogP contribution in [0.1, 0.15) is 44.9 Å². The summed E-state index contributed by atoms with van der Waals surface area (Å²) in [5.74, 6) is 0.637. The maximum absolute atomic E-state index is 3.57. The van der Waals surface area contributed by atoms with Crippen LogP contribution in [0.5, 0.6) is 0 Å². The highest BCUT2D eigenvalue weighted by molar-refractivity contribution is 5.30. The van der Waals surface area contributed by atoms with Crippen LogP contribution in [0.3, 0.4) is 0 Å². The van der Waals surface area contributed by atoms with Gasteiger partial charge in [-0.3, -0.25) is 0 Å². The molecule has 1 atom stereocenters. The van der Waals surface area contributed by atoms with Crippen LogP contribution in [0.15, 0.2) is 24.3 Å². The zero-order chi connectivity index (χ0) is 11.3. The lowest BCUT2D eigenvalue weighted by molar-refractivity contribution is 0.419. The fourth-order valence-electron chi connectivity index (χ4n) is 2.08. The molecular weight excluding hydrogens is 182 g/mol. The van der Waals surface area contributed by atoms with Crippen molar-refractivity contribution in [2.75, 3.05) is 6.54 Å². The standard InChI is InChI=1S/C14H23N/c1-5-12-9-7-8-10-13(12)14(11(3)4)15-6-2/h7-11,14-15H,5-6H2,1-4H3. The summed E-state index contributed by atoms with van der Waals surface area (Å²) in [6.07, 6.45) is 1.12. The summed E-state index contributed by atoms with van der Waals surface area (Å²) in [6, 6.07) is 9.26. The molecule has 0 aromatic heterocycles. The molecule has 0 amide bonds. The summed E-state index contributed by atoms with van der Waals surface area (Å²) in [4.78, 5) is 0. The van der Waals surface area contributed by atoms with Crippen LogP contribution in [-0.2, 0) is 6.42 Å². The summed E-state index contributed by atoms with van der Waals surface area (Å²) < 4.78 is 0. The Labute approximate surface area is 93.9 Å². The van der Waals surface area contributed by atoms with Gasteiger partial charge in [0.1, 0.15) is 0 Å². The van der Waals surface area contributed by atoms with Crippen molar-refractivity contribution < 1.29 is 0 Å². The maximum atomic E-state index is 3.57. The molecule has 0 fully saturated rings. The van der Waals surface area contributed by atoms with Gasteiger partial charge in [-0.15, -0.1) is 0 Å². The average molecular weight is 205 g/mol. The molecule has 1 rings (SSSR count). The third-order valence-electron chi connectivity index (χ3n) is 2.86. The van der Waals surface area contributed by atoms with Gasteiger partial charge in [-0.25, -0.2) is 0 Å². The van der Waals surface area contributed by atoms with Gasteiger partial charge in [-0.2, -0.15) is 0 Å². The lowest BCUT2D eigenvalue weighted by atomic mass is 9.91. The molecule has 1 unspecified atom stereocenters. The first-order chi connectivity index (χ1) is 7.20. The predicted octanol–water partition coefficient (Wildman–Crippen LogP) is 3.56. The van der Waals surface area contributed by atoms with Gasteiger partial charge in [0, 0.05) is 6.04 Å². The smallest absolute Gasteiger partial charge is 0.0346 e. The molecule has 0 aliphatic rings. The first kappa shape index (κ1) is 12.3. The number of benzene rings is 1. The summed E-state index contributed by atoms with van der Waals surface area (Å²) in [5, 5.41) is 3.57. The average Bonchev–Trinajstić information content (AvgIpc) is 2.25. The van der Waals surface area contributed by atoms with Gasteiger partial charge in [0.25, 0.3) is 0 Å². The van der Waals surface area contributed by atoms with Crippen molar-refractivity contribution in [3.63, 3.8) is 0 Å². The van der Waals surface area contributed by atoms with Crippen molar-refractivity contribution in [2.24, 2.45) is 5.92 Å². The van der Waals surface area contributed by atoms with Gasteiger partial charge in [-0.05, 0) is 30.0 Å². The van der Waals surface area contributed by atoms with Crippen LogP contribution in [0.4, 0.5) is 0 Å². The van der Waals surface area contributed by atoms with Gasteiger partial charge in [0.05, 0.1) is 0 Å². The summed E-state index contributed by atoms with van der Waals surface area (Å²) in [7, 11) is 0. The lowest BCUT2D eigenvalue weighted by Crippen LogP contribution is -2.26. The van der Waals surface area contributed by atoms with Crippen LogP contribution in [0.25, 0.3) is 0 Å². The van der Waals surface area contributed by atoms with Crippen molar-refractivity contribution >= 4 is 0 Å². The Hall–Kier alpha value is -0.820. The van der Waals surface area contributed by atoms with Crippen LogP contribution < -0.4 is 5.32 Å². The molecule has 0 aliphatic carbocycles. The Balaban J connectivity index is 2.98. The van der Waals surface area contributed by atoms with E-state index in [4.69, 9.17) is 0 Å². The van der Waals surface area contributed by atoms with Crippen LogP contribution in [0.2, 0.25) is 0 Å². The number of aryl methyl sites for hydroxylation is 1. The SMILES string of the molecule is CCNC(c1ccccc1CC)C(C)C. The van der Waals surface area contributed by atoms with Gasteiger partial charge in [-0.1, -0.05) is 52.0 Å². The molecule has 1 N–H and O–H groups in total. The normalized spacial score (nSPS) is 13.1. The van der Waals surface area contributed by atoms with E-state index in [2.05, 4.69) is 57.3 Å². The maximum Gasteiger partial charge on any atom is 0.0346 e. The molecule has 0 aliphatic heterocycles. The fourth-order valence-corrected chi connectivity index (χ4v) is 2.08. The van der Waals surface area contributed by atoms with E-state index in [1.807, 2.05) is 0 Å². The van der Waals surface area contributed by atoms with Gasteiger partial charge < -0.3 is 5.32 Å². The second-order valence-electron chi connectivity index (χ2n) is 4.33. The van der Waals surface area contributed by atoms with Crippen LogP contribution >= 0.6 is 0 Å². The second-order valence-corrected chi connectivity index (χ2v) is 4.33. The quantitative estimate of drug-likeness (QED) is 0.775. The second kappa shape index (κ2) is 5.92. The number of rotatable bonds is 5. The fraction of sp³-hybridized carbons (Fsp3) is 0.571. The molecule has 15 heavy (non-hydrogen) atoms. The Bertz CT molecular complexity index is 291. The van der Waals surface area contributed by atoms with Crippen molar-refractivity contribution in [2.45, 2.75) is 40.2 Å². The highest BCUT2D eigenvalue weighted by atomic mass is 14.9. The van der Waals surface area contributed by atoms with Crippen molar-refractivity contribution in [3.8, 4) is 0 Å². The minimum atomic E-state index is 0.492. The van der Waals surface area contributed by atoms with E-state index in [1.165, 1.54) is 11.1 Å². The van der Waals surface area contributed by atoms with E-state index in [9.17, 15) is 0 Å². The lowest BCUT2D eigenvalue weighted by Gasteiger charge is -2.24. The van der Waals surface area contributed by atoms with Gasteiger partial charge in [0.15, 0.2) is 0 Å². The third-order valence-corrected chi connectivity index (χ3v) is 2.86. The van der Waals surface area contributed by atoms with E-state index in [-0.39, 0.29) is 0 Å². The molecule has 1 nitrogen and oxygen atoms in total. The Morgan fingerprint density at radius 3 is 2.33 bits per heavy atom. The molecule has 1 heteroatoms. The molecule has 84 valence electrons. The Morgan fingerprint density at radius 2 is 1.80 bits per heavy atom. The van der Waals surface area contributed by atoms with E-state index in [1.54, 1.807) is 0 Å². The Kier molecular flexibility index (Phi) is 4.83.